The predicted molar refractivity (Wildman–Crippen MR) is 102 cm³/mol. The van der Waals surface area contributed by atoms with Gasteiger partial charge in [-0.3, -0.25) is 14.5 Å². The number of carbonyl (C=O) groups excluding carboxylic acids is 2. The third-order valence-electron chi connectivity index (χ3n) is 4.90. The summed E-state index contributed by atoms with van der Waals surface area (Å²) in [6.45, 7) is 1.54. The van der Waals surface area contributed by atoms with Crippen molar-refractivity contribution in [2.24, 2.45) is 7.05 Å². The third-order valence-corrected chi connectivity index (χ3v) is 9.20. The number of rotatable bonds is 5. The van der Waals surface area contributed by atoms with Gasteiger partial charge < -0.3 is 4.74 Å². The number of tetrazole rings is 1. The van der Waals surface area contributed by atoms with Crippen LogP contribution < -0.4 is 0 Å². The Bertz CT molecular complexity index is 1130. The summed E-state index contributed by atoms with van der Waals surface area (Å²) in [4.78, 5) is 26.9. The number of aromatic nitrogens is 4. The Morgan fingerprint density at radius 1 is 1.24 bits per heavy atom. The van der Waals surface area contributed by atoms with Gasteiger partial charge in [-0.15, -0.1) is 5.10 Å². The molecule has 0 spiro atoms. The van der Waals surface area contributed by atoms with Gasteiger partial charge in [-0.25, -0.2) is 13.1 Å². The van der Waals surface area contributed by atoms with E-state index in [1.807, 2.05) is 0 Å². The van der Waals surface area contributed by atoms with E-state index in [-0.39, 0.29) is 16.4 Å². The van der Waals surface area contributed by atoms with Crippen molar-refractivity contribution >= 4 is 33.3 Å². The monoisotopic (exact) mass is 435 g/mol. The number of aryl methyl sites for hydroxylation is 1. The van der Waals surface area contributed by atoms with Crippen LogP contribution in [0, 0.1) is 0 Å². The minimum atomic E-state index is -3.93. The molecule has 12 heteroatoms. The molecule has 2 aromatic rings. The Morgan fingerprint density at radius 2 is 1.93 bits per heavy atom. The highest BCUT2D eigenvalue weighted by atomic mass is 32.3. The highest BCUT2D eigenvalue weighted by Crippen LogP contribution is 2.46. The van der Waals surface area contributed by atoms with Gasteiger partial charge in [0.2, 0.25) is 10.9 Å². The molecular weight excluding hydrogens is 418 g/mol. The first kappa shape index (κ1) is 19.7. The van der Waals surface area contributed by atoms with Crippen molar-refractivity contribution in [3.05, 3.63) is 47.2 Å². The summed E-state index contributed by atoms with van der Waals surface area (Å²) in [7, 11) is -1.07. The van der Waals surface area contributed by atoms with E-state index in [0.717, 1.165) is 16.7 Å². The molecule has 1 amide bonds. The second-order valence-corrected chi connectivity index (χ2v) is 10.1. The zero-order chi connectivity index (χ0) is 20.9. The van der Waals surface area contributed by atoms with Crippen LogP contribution in [-0.2, 0) is 26.4 Å². The number of methoxy groups -OCH3 is 1. The van der Waals surface area contributed by atoms with E-state index in [9.17, 15) is 18.0 Å². The molecule has 1 aromatic carbocycles. The molecule has 3 atom stereocenters. The third kappa shape index (κ3) is 2.90. The number of allylic oxidation sites excluding steroid dienone is 1. The molecule has 0 saturated carbocycles. The molecule has 1 fully saturated rings. The van der Waals surface area contributed by atoms with E-state index in [1.165, 1.54) is 11.8 Å². The standard InChI is InChI=1S/C17H17N5O5S2/c1-9-11(12(23)10-7-5-4-6-8-10)22-14(24)13(27-3)15(22)29(25,26)16(9)28-17-18-19-20-21(17)2/h4-8,13,15-16H,1-3H3/t13-,15+,16?/m0/s1. The van der Waals surface area contributed by atoms with Gasteiger partial charge in [0.05, 0.1) is 5.70 Å². The summed E-state index contributed by atoms with van der Waals surface area (Å²) >= 11 is 0.918. The predicted octanol–water partition coefficient (Wildman–Crippen LogP) is 0.397. The number of benzene rings is 1. The molecule has 1 aromatic heterocycles. The molecule has 2 aliphatic heterocycles. The zero-order valence-electron chi connectivity index (χ0n) is 15.7. The fourth-order valence-electron chi connectivity index (χ4n) is 3.47. The van der Waals surface area contributed by atoms with Crippen LogP contribution in [-0.4, -0.2) is 68.4 Å². The molecule has 4 rings (SSSR count). The summed E-state index contributed by atoms with van der Waals surface area (Å²) in [6, 6.07) is 8.41. The molecular formula is C17H17N5O5S2. The van der Waals surface area contributed by atoms with E-state index < -0.39 is 37.6 Å². The van der Waals surface area contributed by atoms with Crippen LogP contribution in [0.15, 0.2) is 46.8 Å². The first-order chi connectivity index (χ1) is 13.8. The molecule has 1 unspecified atom stereocenters. The molecule has 29 heavy (non-hydrogen) atoms. The lowest BCUT2D eigenvalue weighted by Gasteiger charge is -2.50. The number of Topliss-reactive ketones (excluding diaryl/α,β-unsaturated/α-hetero) is 1. The zero-order valence-corrected chi connectivity index (χ0v) is 17.3. The topological polar surface area (TPSA) is 124 Å². The van der Waals surface area contributed by atoms with E-state index in [4.69, 9.17) is 4.74 Å². The second kappa shape index (κ2) is 7.04. The summed E-state index contributed by atoms with van der Waals surface area (Å²) in [6.07, 6.45) is -1.16. The quantitative estimate of drug-likeness (QED) is 0.485. The number of nitrogens with zero attached hydrogens (tertiary/aromatic N) is 5. The van der Waals surface area contributed by atoms with Crippen LogP contribution in [0.3, 0.4) is 0 Å². The first-order valence-electron chi connectivity index (χ1n) is 8.57. The Balaban J connectivity index is 1.87. The molecule has 2 aliphatic rings. The number of β-lactam (4-membered cyclic amide) rings is 1. The highest BCUT2D eigenvalue weighted by Gasteiger charge is 2.63. The maximum atomic E-state index is 13.3. The average Bonchev–Trinajstić information content (AvgIpc) is 3.11. The summed E-state index contributed by atoms with van der Waals surface area (Å²) in [5.41, 5.74) is 0.672. The summed E-state index contributed by atoms with van der Waals surface area (Å²) < 4.78 is 32.0. The van der Waals surface area contributed by atoms with E-state index in [2.05, 4.69) is 15.5 Å². The molecule has 0 bridgehead atoms. The Hall–Kier alpha value is -2.57. The Morgan fingerprint density at radius 3 is 2.52 bits per heavy atom. The smallest absolute Gasteiger partial charge is 0.260 e. The first-order valence-corrected chi connectivity index (χ1v) is 11.1. The molecule has 0 N–H and O–H groups in total. The van der Waals surface area contributed by atoms with Crippen molar-refractivity contribution in [2.75, 3.05) is 7.11 Å². The number of carbonyl (C=O) groups is 2. The van der Waals surface area contributed by atoms with Crippen molar-refractivity contribution in [1.29, 1.82) is 0 Å². The van der Waals surface area contributed by atoms with Gasteiger partial charge in [-0.1, -0.05) is 42.1 Å². The highest BCUT2D eigenvalue weighted by molar-refractivity contribution is 8.14. The van der Waals surface area contributed by atoms with Crippen molar-refractivity contribution < 1.29 is 22.7 Å². The maximum absolute atomic E-state index is 13.3. The summed E-state index contributed by atoms with van der Waals surface area (Å²) in [5.74, 6) is -0.976. The number of fused-ring (bicyclic) bond motifs is 1. The fraction of sp³-hybridized carbons (Fsp3) is 0.353. The molecule has 152 valence electrons. The van der Waals surface area contributed by atoms with Gasteiger partial charge in [0.1, 0.15) is 4.58 Å². The van der Waals surface area contributed by atoms with Gasteiger partial charge in [-0.05, 0) is 22.9 Å². The lowest BCUT2D eigenvalue weighted by Crippen LogP contribution is -2.71. The van der Waals surface area contributed by atoms with E-state index in [1.54, 1.807) is 44.3 Å². The van der Waals surface area contributed by atoms with Crippen molar-refractivity contribution in [3.8, 4) is 0 Å². The number of ether oxygens (including phenoxy) is 1. The van der Waals surface area contributed by atoms with Gasteiger partial charge in [-0.2, -0.15) is 0 Å². The number of amides is 1. The van der Waals surface area contributed by atoms with Gasteiger partial charge in [0.25, 0.3) is 5.91 Å². The summed E-state index contributed by atoms with van der Waals surface area (Å²) in [5, 5.41) is 10.1. The normalized spacial score (nSPS) is 25.6. The average molecular weight is 435 g/mol. The lowest BCUT2D eigenvalue weighted by atomic mass is 9.99. The Kier molecular flexibility index (Phi) is 4.79. The molecule has 0 radical (unpaired) electrons. The fourth-order valence-corrected chi connectivity index (χ4v) is 7.29. The minimum Gasteiger partial charge on any atom is -0.368 e. The van der Waals surface area contributed by atoms with Crippen LogP contribution in [0.25, 0.3) is 0 Å². The second-order valence-electron chi connectivity index (χ2n) is 6.61. The largest absolute Gasteiger partial charge is 0.368 e. The van der Waals surface area contributed by atoms with Gasteiger partial charge in [0, 0.05) is 19.7 Å². The minimum absolute atomic E-state index is 0.0574. The Labute approximate surface area is 170 Å². The van der Waals surface area contributed by atoms with Gasteiger partial charge >= 0.3 is 0 Å². The number of thioether (sulfide) groups is 1. The van der Waals surface area contributed by atoms with Crippen molar-refractivity contribution in [3.63, 3.8) is 0 Å². The molecule has 0 aliphatic carbocycles. The molecule has 3 heterocycles. The SMILES string of the molecule is CO[C@H]1C(=O)N2C(C(=O)c3ccccc3)=C(C)C(Sc3nnnn3C)S(=O)(=O)[C@H]12. The molecule has 1 saturated heterocycles. The van der Waals surface area contributed by atoms with E-state index >= 15 is 0 Å². The van der Waals surface area contributed by atoms with Crippen LogP contribution >= 0.6 is 11.8 Å². The lowest BCUT2D eigenvalue weighted by molar-refractivity contribution is -0.158. The number of sulfone groups is 1. The van der Waals surface area contributed by atoms with Crippen molar-refractivity contribution in [1.82, 2.24) is 25.1 Å². The van der Waals surface area contributed by atoms with Crippen molar-refractivity contribution in [2.45, 2.75) is 28.1 Å². The van der Waals surface area contributed by atoms with Crippen LogP contribution in [0.4, 0.5) is 0 Å². The number of hydrogen-bond donors (Lipinski definition) is 0. The number of ketones is 1. The van der Waals surface area contributed by atoms with Crippen LogP contribution in [0.1, 0.15) is 17.3 Å². The number of hydrogen-bond acceptors (Lipinski definition) is 9. The van der Waals surface area contributed by atoms with E-state index in [0.29, 0.717) is 5.56 Å². The van der Waals surface area contributed by atoms with Gasteiger partial charge in [0.15, 0.2) is 21.3 Å². The maximum Gasteiger partial charge on any atom is 0.260 e. The van der Waals surface area contributed by atoms with Crippen LogP contribution in [0.2, 0.25) is 0 Å². The molecule has 10 nitrogen and oxygen atoms in total. The van der Waals surface area contributed by atoms with Crippen LogP contribution in [0.5, 0.6) is 0 Å².